The van der Waals surface area contributed by atoms with E-state index >= 15 is 0 Å². The third kappa shape index (κ3) is 3.26. The second-order valence-corrected chi connectivity index (χ2v) is 6.10. The van der Waals surface area contributed by atoms with Gasteiger partial charge in [0.25, 0.3) is 0 Å². The predicted octanol–water partition coefficient (Wildman–Crippen LogP) is 4.26. The van der Waals surface area contributed by atoms with Crippen molar-refractivity contribution in [1.29, 1.82) is 0 Å². The molecule has 1 unspecified atom stereocenters. The number of benzene rings is 1. The molecule has 4 heteroatoms. The standard InChI is InChI=1S/C16H22ClNO2/c1-16(15(19)20-2,12-7-4-3-5-8-12)18-14-10-6-9-13(17)11-14/h6,9-12,18H,3-5,7-8H2,1-2H3. The summed E-state index contributed by atoms with van der Waals surface area (Å²) in [5.41, 5.74) is 0.163. The van der Waals surface area contributed by atoms with Gasteiger partial charge in [-0.25, -0.2) is 4.79 Å². The van der Waals surface area contributed by atoms with Crippen molar-refractivity contribution in [3.8, 4) is 0 Å². The molecule has 1 atom stereocenters. The summed E-state index contributed by atoms with van der Waals surface area (Å²) in [7, 11) is 1.45. The summed E-state index contributed by atoms with van der Waals surface area (Å²) in [6, 6.07) is 7.47. The Hall–Kier alpha value is -1.22. The third-order valence-corrected chi connectivity index (χ3v) is 4.49. The van der Waals surface area contributed by atoms with Gasteiger partial charge in [0, 0.05) is 10.7 Å². The fourth-order valence-corrected chi connectivity index (χ4v) is 3.27. The Morgan fingerprint density at radius 2 is 2.05 bits per heavy atom. The second-order valence-electron chi connectivity index (χ2n) is 5.66. The van der Waals surface area contributed by atoms with Gasteiger partial charge in [-0.15, -0.1) is 0 Å². The number of nitrogens with one attached hydrogen (secondary N) is 1. The maximum absolute atomic E-state index is 12.3. The first kappa shape index (κ1) is 15.2. The molecule has 0 amide bonds. The SMILES string of the molecule is COC(=O)C(C)(Nc1cccc(Cl)c1)C1CCCCC1. The number of rotatable bonds is 4. The maximum Gasteiger partial charge on any atom is 0.331 e. The largest absolute Gasteiger partial charge is 0.467 e. The molecule has 0 aliphatic heterocycles. The number of methoxy groups -OCH3 is 1. The van der Waals surface area contributed by atoms with Crippen LogP contribution in [-0.4, -0.2) is 18.6 Å². The van der Waals surface area contributed by atoms with E-state index in [1.165, 1.54) is 26.4 Å². The van der Waals surface area contributed by atoms with Crippen molar-refractivity contribution in [3.05, 3.63) is 29.3 Å². The number of esters is 1. The van der Waals surface area contributed by atoms with Crippen LogP contribution in [0, 0.1) is 5.92 Å². The van der Waals surface area contributed by atoms with E-state index < -0.39 is 5.54 Å². The summed E-state index contributed by atoms with van der Waals surface area (Å²) < 4.78 is 5.04. The monoisotopic (exact) mass is 295 g/mol. The quantitative estimate of drug-likeness (QED) is 0.843. The van der Waals surface area contributed by atoms with Crippen LogP contribution < -0.4 is 5.32 Å². The number of hydrogen-bond donors (Lipinski definition) is 1. The topological polar surface area (TPSA) is 38.3 Å². The number of halogens is 1. The van der Waals surface area contributed by atoms with Gasteiger partial charge in [0.05, 0.1) is 7.11 Å². The van der Waals surface area contributed by atoms with Gasteiger partial charge < -0.3 is 10.1 Å². The number of carbonyl (C=O) groups excluding carboxylic acids is 1. The molecule has 1 aliphatic rings. The number of hydrogen-bond acceptors (Lipinski definition) is 3. The summed E-state index contributed by atoms with van der Waals surface area (Å²) >= 11 is 6.02. The van der Waals surface area contributed by atoms with Gasteiger partial charge in [-0.05, 0) is 43.9 Å². The smallest absolute Gasteiger partial charge is 0.331 e. The Morgan fingerprint density at radius 1 is 1.35 bits per heavy atom. The highest BCUT2D eigenvalue weighted by atomic mass is 35.5. The lowest BCUT2D eigenvalue weighted by Crippen LogP contribution is -2.51. The Morgan fingerprint density at radius 3 is 2.65 bits per heavy atom. The molecule has 20 heavy (non-hydrogen) atoms. The minimum atomic E-state index is -0.695. The summed E-state index contributed by atoms with van der Waals surface area (Å²) in [5, 5.41) is 4.02. The highest BCUT2D eigenvalue weighted by Crippen LogP contribution is 2.36. The zero-order valence-corrected chi connectivity index (χ0v) is 12.9. The molecule has 0 heterocycles. The molecule has 1 fully saturated rings. The first-order valence-corrected chi connectivity index (χ1v) is 7.56. The van der Waals surface area contributed by atoms with Crippen molar-refractivity contribution in [2.75, 3.05) is 12.4 Å². The van der Waals surface area contributed by atoms with E-state index in [4.69, 9.17) is 16.3 Å². The highest BCUT2D eigenvalue weighted by Gasteiger charge is 2.42. The van der Waals surface area contributed by atoms with Crippen molar-refractivity contribution < 1.29 is 9.53 Å². The molecule has 1 aliphatic carbocycles. The second kappa shape index (κ2) is 6.49. The predicted molar refractivity (Wildman–Crippen MR) is 82.1 cm³/mol. The van der Waals surface area contributed by atoms with Crippen LogP contribution in [0.5, 0.6) is 0 Å². The first-order chi connectivity index (χ1) is 9.56. The third-order valence-electron chi connectivity index (χ3n) is 4.26. The number of ether oxygens (including phenoxy) is 1. The minimum absolute atomic E-state index is 0.204. The molecule has 1 N–H and O–H groups in total. The molecule has 3 nitrogen and oxygen atoms in total. The van der Waals surface area contributed by atoms with Gasteiger partial charge >= 0.3 is 5.97 Å². The first-order valence-electron chi connectivity index (χ1n) is 7.18. The summed E-state index contributed by atoms with van der Waals surface area (Å²) in [5.74, 6) is 0.0899. The van der Waals surface area contributed by atoms with Crippen LogP contribution in [0.15, 0.2) is 24.3 Å². The van der Waals surface area contributed by atoms with Gasteiger partial charge in [0.15, 0.2) is 0 Å². The lowest BCUT2D eigenvalue weighted by atomic mass is 9.75. The Kier molecular flexibility index (Phi) is 4.92. The van der Waals surface area contributed by atoms with Crippen LogP contribution in [0.25, 0.3) is 0 Å². The molecule has 1 aromatic rings. The van der Waals surface area contributed by atoms with E-state index in [2.05, 4.69) is 5.32 Å². The molecular weight excluding hydrogens is 274 g/mol. The molecule has 0 bridgehead atoms. The highest BCUT2D eigenvalue weighted by molar-refractivity contribution is 6.30. The van der Waals surface area contributed by atoms with Crippen LogP contribution in [0.3, 0.4) is 0 Å². The van der Waals surface area contributed by atoms with Gasteiger partial charge in [-0.2, -0.15) is 0 Å². The Labute approximate surface area is 125 Å². The van der Waals surface area contributed by atoms with E-state index in [9.17, 15) is 4.79 Å². The molecule has 0 radical (unpaired) electrons. The van der Waals surface area contributed by atoms with Crippen LogP contribution in [0.1, 0.15) is 39.0 Å². The van der Waals surface area contributed by atoms with Crippen molar-refractivity contribution in [2.45, 2.75) is 44.6 Å². The van der Waals surface area contributed by atoms with E-state index in [1.807, 2.05) is 31.2 Å². The molecular formula is C16H22ClNO2. The van der Waals surface area contributed by atoms with Gasteiger partial charge in [0.2, 0.25) is 0 Å². The van der Waals surface area contributed by atoms with Crippen molar-refractivity contribution in [1.82, 2.24) is 0 Å². The van der Waals surface area contributed by atoms with E-state index in [0.29, 0.717) is 10.9 Å². The molecule has 0 spiro atoms. The normalized spacial score (nSPS) is 19.1. The van der Waals surface area contributed by atoms with E-state index in [1.54, 1.807) is 0 Å². The van der Waals surface area contributed by atoms with E-state index in [-0.39, 0.29) is 5.97 Å². The number of carbonyl (C=O) groups is 1. The molecule has 2 rings (SSSR count). The molecule has 0 saturated heterocycles. The number of anilines is 1. The maximum atomic E-state index is 12.3. The van der Waals surface area contributed by atoms with Crippen molar-refractivity contribution >= 4 is 23.3 Å². The zero-order valence-electron chi connectivity index (χ0n) is 12.1. The molecule has 0 aromatic heterocycles. The van der Waals surface area contributed by atoms with Crippen molar-refractivity contribution in [2.24, 2.45) is 5.92 Å². The van der Waals surface area contributed by atoms with Crippen LogP contribution in [0.4, 0.5) is 5.69 Å². The Balaban J connectivity index is 2.24. The van der Waals surface area contributed by atoms with Gasteiger partial charge in [0.1, 0.15) is 5.54 Å². The van der Waals surface area contributed by atoms with Crippen LogP contribution in [0.2, 0.25) is 5.02 Å². The fraction of sp³-hybridized carbons (Fsp3) is 0.562. The average molecular weight is 296 g/mol. The Bertz CT molecular complexity index is 471. The van der Waals surface area contributed by atoms with Gasteiger partial charge in [-0.1, -0.05) is 36.9 Å². The fourth-order valence-electron chi connectivity index (χ4n) is 3.08. The zero-order chi connectivity index (χ0) is 14.6. The summed E-state index contributed by atoms with van der Waals surface area (Å²) in [4.78, 5) is 12.3. The molecule has 1 aromatic carbocycles. The summed E-state index contributed by atoms with van der Waals surface area (Å²) in [6.45, 7) is 1.94. The van der Waals surface area contributed by atoms with Crippen molar-refractivity contribution in [3.63, 3.8) is 0 Å². The lowest BCUT2D eigenvalue weighted by Gasteiger charge is -2.38. The lowest BCUT2D eigenvalue weighted by molar-refractivity contribution is -0.147. The van der Waals surface area contributed by atoms with Gasteiger partial charge in [-0.3, -0.25) is 0 Å². The van der Waals surface area contributed by atoms with Crippen LogP contribution >= 0.6 is 11.6 Å². The van der Waals surface area contributed by atoms with E-state index in [0.717, 1.165) is 18.5 Å². The molecule has 1 saturated carbocycles. The average Bonchev–Trinajstić information content (AvgIpc) is 2.47. The minimum Gasteiger partial charge on any atom is -0.467 e. The van der Waals surface area contributed by atoms with Crippen LogP contribution in [-0.2, 0) is 9.53 Å². The summed E-state index contributed by atoms with van der Waals surface area (Å²) in [6.07, 6.45) is 5.71. The molecule has 110 valence electrons.